The average Bonchev–Trinajstić information content (AvgIpc) is 2.98. The summed E-state index contributed by atoms with van der Waals surface area (Å²) < 4.78 is 12.1. The van der Waals surface area contributed by atoms with Gasteiger partial charge < -0.3 is 14.8 Å². The van der Waals surface area contributed by atoms with Crippen molar-refractivity contribution in [2.45, 2.75) is 13.0 Å². The van der Waals surface area contributed by atoms with E-state index in [0.29, 0.717) is 13.2 Å². The standard InChI is InChI=1S/C16H23N3O2/c1-20-11-8-14-5-3-4-6-16(14)19-10-7-15(18-19)13-17-9-12-21-2/h3-7,10,17H,8-9,11-13H2,1-2H3. The quantitative estimate of drug-likeness (QED) is 0.715. The highest BCUT2D eigenvalue weighted by molar-refractivity contribution is 5.40. The van der Waals surface area contributed by atoms with E-state index in [1.165, 1.54) is 5.56 Å². The van der Waals surface area contributed by atoms with Gasteiger partial charge in [-0.3, -0.25) is 0 Å². The Morgan fingerprint density at radius 2 is 1.90 bits per heavy atom. The van der Waals surface area contributed by atoms with E-state index in [4.69, 9.17) is 9.47 Å². The Morgan fingerprint density at radius 1 is 1.10 bits per heavy atom. The van der Waals surface area contributed by atoms with Crippen molar-refractivity contribution in [1.29, 1.82) is 0 Å². The molecule has 0 spiro atoms. The molecule has 0 radical (unpaired) electrons. The highest BCUT2D eigenvalue weighted by atomic mass is 16.5. The average molecular weight is 289 g/mol. The van der Waals surface area contributed by atoms with E-state index in [2.05, 4.69) is 22.5 Å². The minimum Gasteiger partial charge on any atom is -0.384 e. The summed E-state index contributed by atoms with van der Waals surface area (Å²) >= 11 is 0. The Hall–Kier alpha value is -1.69. The zero-order valence-corrected chi connectivity index (χ0v) is 12.7. The molecule has 0 aliphatic heterocycles. The molecule has 5 nitrogen and oxygen atoms in total. The zero-order chi connectivity index (χ0) is 14.9. The first-order chi connectivity index (χ1) is 10.3. The van der Waals surface area contributed by atoms with Crippen LogP contribution in [0.1, 0.15) is 11.3 Å². The van der Waals surface area contributed by atoms with Crippen molar-refractivity contribution >= 4 is 0 Å². The normalized spacial score (nSPS) is 11.0. The first-order valence-electron chi connectivity index (χ1n) is 7.16. The number of nitrogens with one attached hydrogen (secondary N) is 1. The summed E-state index contributed by atoms with van der Waals surface area (Å²) in [7, 11) is 3.42. The molecule has 21 heavy (non-hydrogen) atoms. The minimum absolute atomic E-state index is 0.709. The van der Waals surface area contributed by atoms with Gasteiger partial charge in [0.2, 0.25) is 0 Å². The molecule has 0 fully saturated rings. The third-order valence-electron chi connectivity index (χ3n) is 3.25. The second kappa shape index (κ2) is 8.56. The Balaban J connectivity index is 2.03. The lowest BCUT2D eigenvalue weighted by Gasteiger charge is -2.09. The van der Waals surface area contributed by atoms with Crippen LogP contribution in [0.3, 0.4) is 0 Å². The zero-order valence-electron chi connectivity index (χ0n) is 12.7. The monoisotopic (exact) mass is 289 g/mol. The SMILES string of the molecule is COCCNCc1ccn(-c2ccccc2CCOC)n1. The molecule has 0 aliphatic rings. The molecule has 0 atom stereocenters. The third-order valence-corrected chi connectivity index (χ3v) is 3.25. The van der Waals surface area contributed by atoms with E-state index in [-0.39, 0.29) is 0 Å². The number of rotatable bonds is 9. The van der Waals surface area contributed by atoms with Crippen molar-refractivity contribution in [2.24, 2.45) is 0 Å². The van der Waals surface area contributed by atoms with E-state index in [0.717, 1.165) is 30.9 Å². The van der Waals surface area contributed by atoms with Crippen LogP contribution < -0.4 is 5.32 Å². The number of aromatic nitrogens is 2. The topological polar surface area (TPSA) is 48.3 Å². The molecule has 0 unspecified atom stereocenters. The predicted molar refractivity (Wildman–Crippen MR) is 82.7 cm³/mol. The summed E-state index contributed by atoms with van der Waals surface area (Å²) in [4.78, 5) is 0. The molecule has 0 amide bonds. The van der Waals surface area contributed by atoms with Crippen LogP contribution >= 0.6 is 0 Å². The van der Waals surface area contributed by atoms with Crippen molar-refractivity contribution < 1.29 is 9.47 Å². The lowest BCUT2D eigenvalue weighted by molar-refractivity contribution is 0.199. The van der Waals surface area contributed by atoms with Gasteiger partial charge in [0.05, 0.1) is 24.6 Å². The molecule has 1 heterocycles. The molecule has 0 saturated carbocycles. The summed E-state index contributed by atoms with van der Waals surface area (Å²) in [6.45, 7) is 2.99. The Labute approximate surface area is 125 Å². The van der Waals surface area contributed by atoms with Crippen LogP contribution in [0.2, 0.25) is 0 Å². The lowest BCUT2D eigenvalue weighted by atomic mass is 10.1. The highest BCUT2D eigenvalue weighted by Gasteiger charge is 2.06. The maximum absolute atomic E-state index is 5.17. The van der Waals surface area contributed by atoms with Gasteiger partial charge in [-0.05, 0) is 24.1 Å². The van der Waals surface area contributed by atoms with E-state index >= 15 is 0 Å². The molecule has 1 aromatic heterocycles. The van der Waals surface area contributed by atoms with E-state index in [1.807, 2.05) is 29.1 Å². The van der Waals surface area contributed by atoms with E-state index in [1.54, 1.807) is 14.2 Å². The number of benzene rings is 1. The maximum Gasteiger partial charge on any atom is 0.0766 e. The molecule has 0 bridgehead atoms. The summed E-state index contributed by atoms with van der Waals surface area (Å²) in [5.41, 5.74) is 3.37. The van der Waals surface area contributed by atoms with Crippen molar-refractivity contribution in [3.05, 3.63) is 47.8 Å². The van der Waals surface area contributed by atoms with Gasteiger partial charge in [-0.15, -0.1) is 0 Å². The van der Waals surface area contributed by atoms with Gasteiger partial charge in [-0.1, -0.05) is 18.2 Å². The van der Waals surface area contributed by atoms with Crippen LogP contribution in [0, 0.1) is 0 Å². The number of ether oxygens (including phenoxy) is 2. The number of methoxy groups -OCH3 is 2. The number of hydrogen-bond donors (Lipinski definition) is 1. The molecule has 2 aromatic rings. The van der Waals surface area contributed by atoms with Crippen LogP contribution in [0.4, 0.5) is 0 Å². The Bertz CT molecular complexity index is 540. The van der Waals surface area contributed by atoms with Gasteiger partial charge in [0.1, 0.15) is 0 Å². The van der Waals surface area contributed by atoms with Crippen LogP contribution in [-0.4, -0.2) is 43.8 Å². The number of para-hydroxylation sites is 1. The molecular weight excluding hydrogens is 266 g/mol. The lowest BCUT2D eigenvalue weighted by Crippen LogP contribution is -2.19. The van der Waals surface area contributed by atoms with Gasteiger partial charge in [0, 0.05) is 33.5 Å². The van der Waals surface area contributed by atoms with Gasteiger partial charge in [0.25, 0.3) is 0 Å². The molecular formula is C16H23N3O2. The van der Waals surface area contributed by atoms with Gasteiger partial charge in [0.15, 0.2) is 0 Å². The van der Waals surface area contributed by atoms with Crippen molar-refractivity contribution in [3.63, 3.8) is 0 Å². The fourth-order valence-electron chi connectivity index (χ4n) is 2.14. The van der Waals surface area contributed by atoms with Crippen molar-refractivity contribution in [1.82, 2.24) is 15.1 Å². The molecule has 114 valence electrons. The van der Waals surface area contributed by atoms with Crippen LogP contribution in [0.5, 0.6) is 0 Å². The Kier molecular flexibility index (Phi) is 6.40. The van der Waals surface area contributed by atoms with E-state index in [9.17, 15) is 0 Å². The predicted octanol–water partition coefficient (Wildman–Crippen LogP) is 1.80. The number of nitrogens with zero attached hydrogens (tertiary/aromatic N) is 2. The van der Waals surface area contributed by atoms with Crippen molar-refractivity contribution in [3.8, 4) is 5.69 Å². The summed E-state index contributed by atoms with van der Waals surface area (Å²) in [6, 6.07) is 10.3. The van der Waals surface area contributed by atoms with Crippen molar-refractivity contribution in [2.75, 3.05) is 34.0 Å². The van der Waals surface area contributed by atoms with Gasteiger partial charge in [-0.2, -0.15) is 5.10 Å². The molecule has 2 rings (SSSR count). The fraction of sp³-hybridized carbons (Fsp3) is 0.438. The molecule has 1 N–H and O–H groups in total. The van der Waals surface area contributed by atoms with Crippen LogP contribution in [0.25, 0.3) is 5.69 Å². The first kappa shape index (κ1) is 15.7. The summed E-state index contributed by atoms with van der Waals surface area (Å²) in [5.74, 6) is 0. The van der Waals surface area contributed by atoms with Gasteiger partial charge >= 0.3 is 0 Å². The van der Waals surface area contributed by atoms with E-state index < -0.39 is 0 Å². The highest BCUT2D eigenvalue weighted by Crippen LogP contribution is 2.15. The second-order valence-corrected chi connectivity index (χ2v) is 4.79. The van der Waals surface area contributed by atoms with Crippen LogP contribution in [-0.2, 0) is 22.4 Å². The second-order valence-electron chi connectivity index (χ2n) is 4.79. The minimum atomic E-state index is 0.709. The molecule has 0 aliphatic carbocycles. The largest absolute Gasteiger partial charge is 0.384 e. The van der Waals surface area contributed by atoms with Crippen LogP contribution in [0.15, 0.2) is 36.5 Å². The molecule has 0 saturated heterocycles. The van der Waals surface area contributed by atoms with Gasteiger partial charge in [-0.25, -0.2) is 4.68 Å². The molecule has 5 heteroatoms. The molecule has 1 aromatic carbocycles. The third kappa shape index (κ3) is 4.67. The first-order valence-corrected chi connectivity index (χ1v) is 7.16. The maximum atomic E-state index is 5.17. The summed E-state index contributed by atoms with van der Waals surface area (Å²) in [5, 5.41) is 7.91. The fourth-order valence-corrected chi connectivity index (χ4v) is 2.14. The Morgan fingerprint density at radius 3 is 2.71 bits per heavy atom. The smallest absolute Gasteiger partial charge is 0.0766 e. The number of hydrogen-bond acceptors (Lipinski definition) is 4. The summed E-state index contributed by atoms with van der Waals surface area (Å²) in [6.07, 6.45) is 2.88.